The topological polar surface area (TPSA) is 107 Å². The first-order valence-electron chi connectivity index (χ1n) is 7.67. The first-order chi connectivity index (χ1) is 12.3. The van der Waals surface area contributed by atoms with Gasteiger partial charge in [-0.1, -0.05) is 41.4 Å². The van der Waals surface area contributed by atoms with Gasteiger partial charge in [-0.3, -0.25) is 14.4 Å². The van der Waals surface area contributed by atoms with E-state index in [1.807, 2.05) is 13.0 Å². The lowest BCUT2D eigenvalue weighted by Crippen LogP contribution is -2.23. The van der Waals surface area contributed by atoms with E-state index in [9.17, 15) is 24.6 Å². The van der Waals surface area contributed by atoms with Crippen LogP contribution in [0.1, 0.15) is 33.1 Å². The molecule has 0 atom stereocenters. The molecule has 0 aliphatic rings. The predicted octanol–water partition coefficient (Wildman–Crippen LogP) is 3.61. The van der Waals surface area contributed by atoms with Gasteiger partial charge in [0.2, 0.25) is 5.78 Å². The number of nitrogens with one attached hydrogen (secondary N) is 1. The second-order valence-electron chi connectivity index (χ2n) is 5.91. The number of hydrogen-bond donors (Lipinski definition) is 3. The first kappa shape index (κ1) is 17.7. The molecule has 1 heterocycles. The zero-order chi connectivity index (χ0) is 19.0. The third-order valence-electron chi connectivity index (χ3n) is 4.09. The lowest BCUT2D eigenvalue weighted by atomic mass is 9.92. The normalized spacial score (nSPS) is 11.0. The summed E-state index contributed by atoms with van der Waals surface area (Å²) in [4.78, 5) is 39.0. The Kier molecular flexibility index (Phi) is 4.52. The number of fused-ring (bicyclic) bond motifs is 1. The molecule has 0 saturated heterocycles. The third kappa shape index (κ3) is 3.07. The monoisotopic (exact) mass is 371 g/mol. The van der Waals surface area contributed by atoms with Crippen LogP contribution >= 0.6 is 11.6 Å². The fourth-order valence-corrected chi connectivity index (χ4v) is 3.13. The Bertz CT molecular complexity index is 1040. The Morgan fingerprint density at radius 2 is 1.73 bits per heavy atom. The molecule has 0 amide bonds. The number of ketones is 1. The van der Waals surface area contributed by atoms with Crippen molar-refractivity contribution in [1.29, 1.82) is 0 Å². The number of aromatic nitrogens is 1. The van der Waals surface area contributed by atoms with Crippen molar-refractivity contribution >= 4 is 40.2 Å². The van der Waals surface area contributed by atoms with Crippen molar-refractivity contribution in [2.45, 2.75) is 12.8 Å². The molecule has 26 heavy (non-hydrogen) atoms. The van der Waals surface area contributed by atoms with Crippen LogP contribution in [-0.4, -0.2) is 32.9 Å². The summed E-state index contributed by atoms with van der Waals surface area (Å²) in [5.41, 5.74) is 1.44. The van der Waals surface area contributed by atoms with Crippen molar-refractivity contribution in [1.82, 2.24) is 4.98 Å². The number of carboxylic acids is 2. The van der Waals surface area contributed by atoms with Gasteiger partial charge in [-0.2, -0.15) is 0 Å². The average Bonchev–Trinajstić information content (AvgIpc) is 2.92. The molecule has 2 aromatic carbocycles. The summed E-state index contributed by atoms with van der Waals surface area (Å²) in [5.74, 6) is -5.46. The number of aryl methyl sites for hydroxylation is 1. The van der Waals surface area contributed by atoms with Crippen LogP contribution in [0, 0.1) is 6.92 Å². The van der Waals surface area contributed by atoms with Gasteiger partial charge in [0, 0.05) is 27.1 Å². The molecule has 3 aromatic rings. The number of halogens is 1. The van der Waals surface area contributed by atoms with Crippen LogP contribution in [0.25, 0.3) is 10.9 Å². The largest absolute Gasteiger partial charge is 0.480 e. The van der Waals surface area contributed by atoms with Crippen molar-refractivity contribution in [3.63, 3.8) is 0 Å². The van der Waals surface area contributed by atoms with Crippen molar-refractivity contribution in [2.75, 3.05) is 0 Å². The lowest BCUT2D eigenvalue weighted by Gasteiger charge is -2.10. The van der Waals surface area contributed by atoms with Gasteiger partial charge in [-0.25, -0.2) is 0 Å². The van der Waals surface area contributed by atoms with E-state index in [-0.39, 0.29) is 11.3 Å². The highest BCUT2D eigenvalue weighted by molar-refractivity contribution is 6.31. The molecule has 0 fully saturated rings. The number of carbonyl (C=O) groups excluding carboxylic acids is 1. The summed E-state index contributed by atoms with van der Waals surface area (Å²) in [6.07, 6.45) is 0. The molecule has 3 N–H and O–H groups in total. The van der Waals surface area contributed by atoms with E-state index in [1.54, 1.807) is 18.2 Å². The maximum Gasteiger partial charge on any atom is 0.322 e. The van der Waals surface area contributed by atoms with Crippen LogP contribution in [0.3, 0.4) is 0 Å². The molecule has 0 aliphatic heterocycles. The minimum absolute atomic E-state index is 0.0670. The summed E-state index contributed by atoms with van der Waals surface area (Å²) in [5, 5.41) is 19.5. The molecule has 132 valence electrons. The van der Waals surface area contributed by atoms with E-state index in [1.165, 1.54) is 18.2 Å². The van der Waals surface area contributed by atoms with E-state index >= 15 is 0 Å². The smallest absolute Gasteiger partial charge is 0.322 e. The van der Waals surface area contributed by atoms with E-state index in [4.69, 9.17) is 11.6 Å². The van der Waals surface area contributed by atoms with Crippen LogP contribution in [-0.2, 0) is 9.59 Å². The zero-order valence-corrected chi connectivity index (χ0v) is 14.4. The van der Waals surface area contributed by atoms with Crippen molar-refractivity contribution in [2.24, 2.45) is 0 Å². The summed E-state index contributed by atoms with van der Waals surface area (Å²) >= 11 is 5.96. The quantitative estimate of drug-likeness (QED) is 0.469. The Morgan fingerprint density at radius 3 is 2.35 bits per heavy atom. The summed E-state index contributed by atoms with van der Waals surface area (Å²) in [6, 6.07) is 11.3. The van der Waals surface area contributed by atoms with Gasteiger partial charge >= 0.3 is 11.9 Å². The van der Waals surface area contributed by atoms with Gasteiger partial charge in [-0.05, 0) is 25.1 Å². The standard InChI is InChI=1S/C19H14ClNO5/c1-9-3-2-4-10(7-9)17(22)16-14(15(18(23)24)19(25)26)12-6-5-11(20)8-13(12)21-16/h2-8,15,21H,1H3,(H,23,24)(H,25,26). The van der Waals surface area contributed by atoms with Crippen molar-refractivity contribution < 1.29 is 24.6 Å². The third-order valence-corrected chi connectivity index (χ3v) is 4.33. The number of H-pyrrole nitrogens is 1. The molecule has 0 spiro atoms. The van der Waals surface area contributed by atoms with Crippen LogP contribution in [0.5, 0.6) is 0 Å². The van der Waals surface area contributed by atoms with Crippen LogP contribution in [0.2, 0.25) is 5.02 Å². The van der Waals surface area contributed by atoms with Gasteiger partial charge in [0.05, 0.1) is 5.69 Å². The van der Waals surface area contributed by atoms with Gasteiger partial charge in [0.1, 0.15) is 0 Å². The van der Waals surface area contributed by atoms with Gasteiger partial charge in [-0.15, -0.1) is 0 Å². The Morgan fingerprint density at radius 1 is 1.04 bits per heavy atom. The number of rotatable bonds is 5. The highest BCUT2D eigenvalue weighted by atomic mass is 35.5. The molecular formula is C19H14ClNO5. The maximum absolute atomic E-state index is 13.0. The highest BCUT2D eigenvalue weighted by Gasteiger charge is 2.35. The SMILES string of the molecule is Cc1cccc(C(=O)c2[nH]c3cc(Cl)ccc3c2C(C(=O)O)C(=O)O)c1. The number of carboxylic acid groups (broad SMARTS) is 2. The first-order valence-corrected chi connectivity index (χ1v) is 8.05. The van der Waals surface area contributed by atoms with E-state index in [0.717, 1.165) is 5.56 Å². The van der Waals surface area contributed by atoms with Gasteiger partial charge in [0.25, 0.3) is 0 Å². The van der Waals surface area contributed by atoms with Crippen LogP contribution in [0.4, 0.5) is 0 Å². The summed E-state index contributed by atoms with van der Waals surface area (Å²) in [6.45, 7) is 1.82. The molecule has 3 rings (SSSR count). The highest BCUT2D eigenvalue weighted by Crippen LogP contribution is 2.33. The lowest BCUT2D eigenvalue weighted by molar-refractivity contribution is -0.149. The second-order valence-corrected chi connectivity index (χ2v) is 6.35. The molecule has 0 bridgehead atoms. The summed E-state index contributed by atoms with van der Waals surface area (Å²) < 4.78 is 0. The van der Waals surface area contributed by atoms with E-state index < -0.39 is 23.6 Å². The Labute approximate surface area is 153 Å². The number of benzene rings is 2. The van der Waals surface area contributed by atoms with Crippen LogP contribution in [0.15, 0.2) is 42.5 Å². The number of hydrogen-bond acceptors (Lipinski definition) is 3. The maximum atomic E-state index is 13.0. The Hall–Kier alpha value is -3.12. The number of aromatic amines is 1. The van der Waals surface area contributed by atoms with Gasteiger partial charge < -0.3 is 15.2 Å². The number of carbonyl (C=O) groups is 3. The van der Waals surface area contributed by atoms with E-state index in [2.05, 4.69) is 4.98 Å². The van der Waals surface area contributed by atoms with Crippen molar-refractivity contribution in [3.05, 3.63) is 69.9 Å². The fraction of sp³-hybridized carbons (Fsp3) is 0.105. The molecule has 0 saturated carbocycles. The minimum atomic E-state index is -1.88. The van der Waals surface area contributed by atoms with Crippen molar-refractivity contribution in [3.8, 4) is 0 Å². The van der Waals surface area contributed by atoms with Gasteiger partial charge in [0.15, 0.2) is 5.92 Å². The predicted molar refractivity (Wildman–Crippen MR) is 95.9 cm³/mol. The molecule has 0 radical (unpaired) electrons. The minimum Gasteiger partial charge on any atom is -0.480 e. The molecule has 6 nitrogen and oxygen atoms in total. The zero-order valence-electron chi connectivity index (χ0n) is 13.6. The molecule has 0 unspecified atom stereocenters. The van der Waals surface area contributed by atoms with E-state index in [0.29, 0.717) is 21.5 Å². The molecular weight excluding hydrogens is 358 g/mol. The molecule has 1 aromatic heterocycles. The van der Waals surface area contributed by atoms with Crippen LogP contribution < -0.4 is 0 Å². The Balaban J connectivity index is 2.30. The summed E-state index contributed by atoms with van der Waals surface area (Å²) in [7, 11) is 0. The second kappa shape index (κ2) is 6.65. The molecule has 0 aliphatic carbocycles. The number of aliphatic carboxylic acids is 2. The fourth-order valence-electron chi connectivity index (χ4n) is 2.95. The average molecular weight is 372 g/mol. The molecule has 7 heteroatoms.